The molecule has 0 aromatic heterocycles. The molecule has 1 saturated carbocycles. The Kier molecular flexibility index (Phi) is 5.58. The maximum Gasteiger partial charge on any atom is 0.408 e. The Labute approximate surface area is 199 Å². The van der Waals surface area contributed by atoms with E-state index in [2.05, 4.69) is 29.6 Å². The number of hydrogen-bond donors (Lipinski definition) is 2. The second-order valence-corrected chi connectivity index (χ2v) is 9.90. The molecule has 5 rings (SSSR count). The number of rotatable bonds is 6. The fraction of sp³-hybridized carbons (Fsp3) is 0.444. The molecule has 2 aromatic rings. The molecule has 3 atom stereocenters. The van der Waals surface area contributed by atoms with E-state index in [9.17, 15) is 19.5 Å². The molecular weight excluding hydrogens is 432 g/mol. The van der Waals surface area contributed by atoms with Gasteiger partial charge < -0.3 is 20.1 Å². The number of carboxylic acid groups (broad SMARTS) is 1. The molecule has 3 aliphatic rings. The predicted molar refractivity (Wildman–Crippen MR) is 126 cm³/mol. The maximum atomic E-state index is 13.5. The van der Waals surface area contributed by atoms with Gasteiger partial charge >= 0.3 is 12.1 Å². The Morgan fingerprint density at radius 1 is 1.03 bits per heavy atom. The summed E-state index contributed by atoms with van der Waals surface area (Å²) >= 11 is 0. The highest BCUT2D eigenvalue weighted by atomic mass is 16.5. The highest BCUT2D eigenvalue weighted by Gasteiger charge is 2.53. The summed E-state index contributed by atoms with van der Waals surface area (Å²) in [7, 11) is 0. The van der Waals surface area contributed by atoms with E-state index in [4.69, 9.17) is 4.74 Å². The highest BCUT2D eigenvalue weighted by Crippen LogP contribution is 2.45. The molecule has 7 nitrogen and oxygen atoms in total. The molecule has 0 bridgehead atoms. The van der Waals surface area contributed by atoms with Gasteiger partial charge in [-0.05, 0) is 61.3 Å². The van der Waals surface area contributed by atoms with E-state index < -0.39 is 29.6 Å². The van der Waals surface area contributed by atoms with Crippen molar-refractivity contribution in [2.75, 3.05) is 13.2 Å². The summed E-state index contributed by atoms with van der Waals surface area (Å²) in [5, 5.41) is 12.3. The Bertz CT molecular complexity index is 1100. The second-order valence-electron chi connectivity index (χ2n) is 9.90. The monoisotopic (exact) mass is 462 g/mol. The van der Waals surface area contributed by atoms with Gasteiger partial charge in [0, 0.05) is 18.5 Å². The zero-order valence-corrected chi connectivity index (χ0v) is 19.5. The quantitative estimate of drug-likeness (QED) is 0.676. The van der Waals surface area contributed by atoms with Crippen LogP contribution >= 0.6 is 0 Å². The van der Waals surface area contributed by atoms with Gasteiger partial charge in [0.15, 0.2) is 0 Å². The lowest BCUT2D eigenvalue weighted by molar-refractivity contribution is -0.144. The fourth-order valence-corrected chi connectivity index (χ4v) is 5.69. The van der Waals surface area contributed by atoms with Crippen molar-refractivity contribution in [3.63, 3.8) is 0 Å². The number of nitrogens with zero attached hydrogens (tertiary/aromatic N) is 1. The van der Waals surface area contributed by atoms with Crippen LogP contribution in [-0.2, 0) is 14.3 Å². The number of benzene rings is 2. The average molecular weight is 463 g/mol. The Morgan fingerprint density at radius 2 is 1.62 bits per heavy atom. The van der Waals surface area contributed by atoms with Crippen molar-refractivity contribution in [2.45, 2.75) is 50.6 Å². The zero-order chi connectivity index (χ0) is 24.0. The molecule has 0 spiro atoms. The molecule has 7 heteroatoms. The van der Waals surface area contributed by atoms with Crippen LogP contribution < -0.4 is 5.32 Å². The number of fused-ring (bicyclic) bond motifs is 3. The minimum absolute atomic E-state index is 0.0246. The van der Waals surface area contributed by atoms with Gasteiger partial charge in [-0.1, -0.05) is 48.5 Å². The standard InChI is InChI=1S/C27H30N2O5/c1-16-18(24(30)31)13-14-29(16)25(32)27(2,17-11-12-17)28-26(33)34-15-23-21-9-5-3-7-19(21)20-8-4-6-10-22(20)23/h3-10,16-18,23H,11-15H2,1-2H3,(H,28,33)(H,30,31). The van der Waals surface area contributed by atoms with Crippen LogP contribution in [0, 0.1) is 11.8 Å². The summed E-state index contributed by atoms with van der Waals surface area (Å²) < 4.78 is 5.70. The van der Waals surface area contributed by atoms with Gasteiger partial charge in [0.1, 0.15) is 12.1 Å². The minimum Gasteiger partial charge on any atom is -0.481 e. The summed E-state index contributed by atoms with van der Waals surface area (Å²) in [6.45, 7) is 4.07. The second kappa shape index (κ2) is 8.46. The van der Waals surface area contributed by atoms with E-state index >= 15 is 0 Å². The minimum atomic E-state index is -1.11. The van der Waals surface area contributed by atoms with Crippen molar-refractivity contribution >= 4 is 18.0 Å². The highest BCUT2D eigenvalue weighted by molar-refractivity contribution is 5.91. The molecule has 3 unspecified atom stereocenters. The number of likely N-dealkylation sites (tertiary alicyclic amines) is 1. The van der Waals surface area contributed by atoms with Crippen molar-refractivity contribution in [3.05, 3.63) is 59.7 Å². The SMILES string of the molecule is CC1C(C(=O)O)CCN1C(=O)C(C)(NC(=O)OCC1c2ccccc2-c2ccccc21)C1CC1. The van der Waals surface area contributed by atoms with Crippen LogP contribution in [0.25, 0.3) is 11.1 Å². The first kappa shape index (κ1) is 22.4. The van der Waals surface area contributed by atoms with E-state index in [0.717, 1.165) is 35.1 Å². The molecule has 2 N–H and O–H groups in total. The molecule has 2 aromatic carbocycles. The number of amides is 2. The first-order valence-electron chi connectivity index (χ1n) is 12.0. The summed E-state index contributed by atoms with van der Waals surface area (Å²) in [5.41, 5.74) is 3.46. The van der Waals surface area contributed by atoms with E-state index in [-0.39, 0.29) is 24.3 Å². The first-order chi connectivity index (χ1) is 16.3. The van der Waals surface area contributed by atoms with Crippen LogP contribution in [0.2, 0.25) is 0 Å². The lowest BCUT2D eigenvalue weighted by Gasteiger charge is -2.35. The van der Waals surface area contributed by atoms with Crippen LogP contribution in [0.1, 0.15) is 50.2 Å². The summed E-state index contributed by atoms with van der Waals surface area (Å²) in [5.74, 6) is -1.73. The third-order valence-electron chi connectivity index (χ3n) is 7.88. The van der Waals surface area contributed by atoms with Gasteiger partial charge in [-0.15, -0.1) is 0 Å². The molecule has 1 heterocycles. The molecule has 0 radical (unpaired) electrons. The van der Waals surface area contributed by atoms with Gasteiger partial charge in [0.2, 0.25) is 5.91 Å². The van der Waals surface area contributed by atoms with Gasteiger partial charge in [0.25, 0.3) is 0 Å². The third kappa shape index (κ3) is 3.73. The normalized spacial score (nSPS) is 23.1. The number of aliphatic carboxylic acids is 1. The molecule has 178 valence electrons. The van der Waals surface area contributed by atoms with Crippen molar-refractivity contribution in [2.24, 2.45) is 11.8 Å². The third-order valence-corrected chi connectivity index (χ3v) is 7.88. The van der Waals surface area contributed by atoms with Crippen molar-refractivity contribution in [3.8, 4) is 11.1 Å². The van der Waals surface area contributed by atoms with E-state index in [1.807, 2.05) is 24.3 Å². The molecule has 1 aliphatic heterocycles. The topological polar surface area (TPSA) is 95.9 Å². The number of alkyl carbamates (subject to hydrolysis) is 1. The van der Waals surface area contributed by atoms with Crippen LogP contribution in [0.4, 0.5) is 4.79 Å². The average Bonchev–Trinajstić information content (AvgIpc) is 3.55. The summed E-state index contributed by atoms with van der Waals surface area (Å²) in [4.78, 5) is 39.6. The predicted octanol–water partition coefficient (Wildman–Crippen LogP) is 4.02. The molecular formula is C27H30N2O5. The molecule has 2 fully saturated rings. The van der Waals surface area contributed by atoms with Crippen LogP contribution in [-0.4, -0.2) is 52.7 Å². The van der Waals surface area contributed by atoms with Crippen molar-refractivity contribution < 1.29 is 24.2 Å². The maximum absolute atomic E-state index is 13.5. The van der Waals surface area contributed by atoms with Gasteiger partial charge in [-0.3, -0.25) is 9.59 Å². The van der Waals surface area contributed by atoms with E-state index in [1.54, 1.807) is 18.7 Å². The number of carbonyl (C=O) groups excluding carboxylic acids is 2. The van der Waals surface area contributed by atoms with Gasteiger partial charge in [-0.25, -0.2) is 4.79 Å². The first-order valence-corrected chi connectivity index (χ1v) is 12.0. The van der Waals surface area contributed by atoms with E-state index in [0.29, 0.717) is 13.0 Å². The van der Waals surface area contributed by atoms with Gasteiger partial charge in [0.05, 0.1) is 5.92 Å². The number of carbonyl (C=O) groups is 3. The Morgan fingerprint density at radius 3 is 2.15 bits per heavy atom. The van der Waals surface area contributed by atoms with Crippen LogP contribution in [0.5, 0.6) is 0 Å². The fourth-order valence-electron chi connectivity index (χ4n) is 5.69. The van der Waals surface area contributed by atoms with Gasteiger partial charge in [-0.2, -0.15) is 0 Å². The van der Waals surface area contributed by atoms with Crippen molar-refractivity contribution in [1.82, 2.24) is 10.2 Å². The molecule has 2 aliphatic carbocycles. The van der Waals surface area contributed by atoms with Crippen LogP contribution in [0.15, 0.2) is 48.5 Å². The number of nitrogens with one attached hydrogen (secondary N) is 1. The lowest BCUT2D eigenvalue weighted by Crippen LogP contribution is -2.60. The number of carboxylic acids is 1. The zero-order valence-electron chi connectivity index (χ0n) is 19.5. The largest absolute Gasteiger partial charge is 0.481 e. The van der Waals surface area contributed by atoms with Crippen molar-refractivity contribution in [1.29, 1.82) is 0 Å². The Hall–Kier alpha value is -3.35. The van der Waals surface area contributed by atoms with E-state index in [1.165, 1.54) is 0 Å². The lowest BCUT2D eigenvalue weighted by atomic mass is 9.93. The molecule has 34 heavy (non-hydrogen) atoms. The number of ether oxygens (including phenoxy) is 1. The smallest absolute Gasteiger partial charge is 0.408 e. The van der Waals surface area contributed by atoms with Crippen LogP contribution in [0.3, 0.4) is 0 Å². The summed E-state index contributed by atoms with van der Waals surface area (Å²) in [6.07, 6.45) is 1.49. The molecule has 2 amide bonds. The Balaban J connectivity index is 1.29. The molecule has 1 saturated heterocycles. The number of hydrogen-bond acceptors (Lipinski definition) is 4. The summed E-state index contributed by atoms with van der Waals surface area (Å²) in [6, 6.07) is 15.9.